The number of para-hydroxylation sites is 1. The molecule has 0 saturated carbocycles. The quantitative estimate of drug-likeness (QED) is 0.880. The lowest BCUT2D eigenvalue weighted by molar-refractivity contribution is 0.154. The predicted molar refractivity (Wildman–Crippen MR) is 79.2 cm³/mol. The van der Waals surface area contributed by atoms with Crippen LogP contribution in [0.1, 0.15) is 37.3 Å². The fraction of sp³-hybridized carbons (Fsp3) is 0.562. The van der Waals surface area contributed by atoms with Crippen LogP contribution >= 0.6 is 0 Å². The minimum atomic E-state index is -0.395. The van der Waals surface area contributed by atoms with Gasteiger partial charge in [0.15, 0.2) is 11.6 Å². The summed E-state index contributed by atoms with van der Waals surface area (Å²) in [6.07, 6.45) is 3.18. The van der Waals surface area contributed by atoms with Gasteiger partial charge in [-0.1, -0.05) is 12.1 Å². The Morgan fingerprint density at radius 2 is 2.27 bits per heavy atom. The topological polar surface area (TPSA) is 61.8 Å². The van der Waals surface area contributed by atoms with E-state index in [1.54, 1.807) is 17.0 Å². The molecule has 6 heteroatoms. The first-order valence-corrected chi connectivity index (χ1v) is 7.80. The summed E-state index contributed by atoms with van der Waals surface area (Å²) in [7, 11) is 0. The van der Waals surface area contributed by atoms with Crippen molar-refractivity contribution in [2.45, 2.75) is 37.8 Å². The third-order valence-corrected chi connectivity index (χ3v) is 4.40. The molecular weight excluding hydrogens is 287 g/mol. The maximum atomic E-state index is 13.9. The van der Waals surface area contributed by atoms with Crippen molar-refractivity contribution in [3.05, 3.63) is 29.6 Å². The van der Waals surface area contributed by atoms with Crippen molar-refractivity contribution in [1.82, 2.24) is 10.2 Å². The summed E-state index contributed by atoms with van der Waals surface area (Å²) in [4.78, 5) is 14.1. The number of benzene rings is 1. The largest absolute Gasteiger partial charge is 0.490 e. The number of ether oxygens (including phenoxy) is 1. The van der Waals surface area contributed by atoms with Crippen molar-refractivity contribution < 1.29 is 19.0 Å². The van der Waals surface area contributed by atoms with Crippen molar-refractivity contribution in [3.8, 4) is 5.75 Å². The molecule has 120 valence electrons. The Morgan fingerprint density at radius 1 is 1.41 bits per heavy atom. The number of urea groups is 1. The molecule has 0 radical (unpaired) electrons. The molecule has 2 aliphatic rings. The van der Waals surface area contributed by atoms with Crippen LogP contribution in [-0.4, -0.2) is 41.8 Å². The normalized spacial score (nSPS) is 24.4. The Balaban J connectivity index is 1.78. The Bertz CT molecular complexity index is 552. The van der Waals surface area contributed by atoms with Gasteiger partial charge in [0.1, 0.15) is 0 Å². The van der Waals surface area contributed by atoms with Gasteiger partial charge < -0.3 is 20.1 Å². The zero-order valence-corrected chi connectivity index (χ0v) is 12.4. The van der Waals surface area contributed by atoms with Crippen LogP contribution in [0.25, 0.3) is 0 Å². The zero-order valence-electron chi connectivity index (χ0n) is 12.4. The Kier molecular flexibility index (Phi) is 4.47. The summed E-state index contributed by atoms with van der Waals surface area (Å²) in [5.41, 5.74) is 0.686. The Morgan fingerprint density at radius 3 is 3.09 bits per heavy atom. The van der Waals surface area contributed by atoms with Gasteiger partial charge in [-0.15, -0.1) is 0 Å². The molecule has 2 aliphatic heterocycles. The second kappa shape index (κ2) is 6.52. The van der Waals surface area contributed by atoms with Gasteiger partial charge in [0.05, 0.1) is 25.3 Å². The monoisotopic (exact) mass is 308 g/mol. The molecule has 2 atom stereocenters. The van der Waals surface area contributed by atoms with Crippen LogP contribution < -0.4 is 10.1 Å². The van der Waals surface area contributed by atoms with Gasteiger partial charge in [-0.25, -0.2) is 9.18 Å². The number of fused-ring (bicyclic) bond motifs is 1. The lowest BCUT2D eigenvalue weighted by Gasteiger charge is -2.27. The molecule has 3 rings (SSSR count). The van der Waals surface area contributed by atoms with Crippen molar-refractivity contribution in [3.63, 3.8) is 0 Å². The molecule has 0 bridgehead atoms. The van der Waals surface area contributed by atoms with E-state index in [1.807, 2.05) is 0 Å². The van der Waals surface area contributed by atoms with Gasteiger partial charge in [0.2, 0.25) is 0 Å². The summed E-state index contributed by atoms with van der Waals surface area (Å²) in [6, 6.07) is 4.22. The summed E-state index contributed by atoms with van der Waals surface area (Å²) in [6.45, 7) is 1.08. The number of nitrogens with zero attached hydrogens (tertiary/aromatic N) is 1. The van der Waals surface area contributed by atoms with Gasteiger partial charge in [-0.3, -0.25) is 0 Å². The first-order valence-electron chi connectivity index (χ1n) is 7.80. The van der Waals surface area contributed by atoms with E-state index in [2.05, 4.69) is 5.32 Å². The first kappa shape index (κ1) is 15.1. The van der Waals surface area contributed by atoms with E-state index in [0.29, 0.717) is 25.1 Å². The molecule has 2 unspecified atom stereocenters. The van der Waals surface area contributed by atoms with E-state index < -0.39 is 5.82 Å². The minimum Gasteiger partial charge on any atom is -0.490 e. The second-order valence-electron chi connectivity index (χ2n) is 5.82. The maximum Gasteiger partial charge on any atom is 0.318 e. The number of amides is 2. The number of carbonyl (C=O) groups is 1. The van der Waals surface area contributed by atoms with Crippen LogP contribution in [0.15, 0.2) is 18.2 Å². The highest BCUT2D eigenvalue weighted by atomic mass is 19.1. The van der Waals surface area contributed by atoms with Crippen molar-refractivity contribution in [2.75, 3.05) is 19.8 Å². The molecule has 2 heterocycles. The van der Waals surface area contributed by atoms with Crippen LogP contribution in [0.4, 0.5) is 9.18 Å². The molecule has 22 heavy (non-hydrogen) atoms. The lowest BCUT2D eigenvalue weighted by atomic mass is 10.0. The van der Waals surface area contributed by atoms with E-state index >= 15 is 0 Å². The predicted octanol–water partition coefficient (Wildman–Crippen LogP) is 2.21. The molecule has 2 amide bonds. The van der Waals surface area contributed by atoms with E-state index in [9.17, 15) is 14.3 Å². The highest BCUT2D eigenvalue weighted by Crippen LogP contribution is 2.33. The van der Waals surface area contributed by atoms with Crippen LogP contribution in [0, 0.1) is 5.82 Å². The molecule has 1 aromatic rings. The Hall–Kier alpha value is -1.82. The third-order valence-electron chi connectivity index (χ3n) is 4.40. The number of nitrogens with one attached hydrogen (secondary N) is 1. The summed E-state index contributed by atoms with van der Waals surface area (Å²) >= 11 is 0. The van der Waals surface area contributed by atoms with E-state index in [-0.39, 0.29) is 30.5 Å². The number of rotatable bonds is 2. The molecule has 0 aliphatic carbocycles. The molecule has 1 fully saturated rings. The van der Waals surface area contributed by atoms with Gasteiger partial charge >= 0.3 is 6.03 Å². The van der Waals surface area contributed by atoms with Gasteiger partial charge in [0, 0.05) is 12.1 Å². The van der Waals surface area contributed by atoms with Crippen LogP contribution in [0.2, 0.25) is 0 Å². The number of hydrogen-bond acceptors (Lipinski definition) is 3. The number of hydrogen-bond donors (Lipinski definition) is 2. The molecule has 5 nitrogen and oxygen atoms in total. The fourth-order valence-corrected chi connectivity index (χ4v) is 3.24. The molecule has 1 saturated heterocycles. The minimum absolute atomic E-state index is 0.0214. The summed E-state index contributed by atoms with van der Waals surface area (Å²) in [5.74, 6) is -0.154. The standard InChI is InChI=1S/C16H21FN2O3/c17-13-6-1-5-12-14(7-3-9-22-15(12)13)18-16(21)19-8-2-4-11(19)10-20/h1,5-6,11,14,20H,2-4,7-10H2,(H,18,21). The van der Waals surface area contributed by atoms with Crippen LogP contribution in [0.5, 0.6) is 5.75 Å². The average molecular weight is 308 g/mol. The Labute approximate surface area is 129 Å². The highest BCUT2D eigenvalue weighted by molar-refractivity contribution is 5.75. The second-order valence-corrected chi connectivity index (χ2v) is 5.82. The number of carbonyl (C=O) groups excluding carboxylic acids is 1. The van der Waals surface area contributed by atoms with Gasteiger partial charge in [-0.05, 0) is 31.7 Å². The number of aliphatic hydroxyl groups excluding tert-OH is 1. The third kappa shape index (κ3) is 2.88. The van der Waals surface area contributed by atoms with Crippen molar-refractivity contribution in [2.24, 2.45) is 0 Å². The molecular formula is C16H21FN2O3. The number of aliphatic hydroxyl groups is 1. The van der Waals surface area contributed by atoms with Crippen LogP contribution in [-0.2, 0) is 0 Å². The average Bonchev–Trinajstić information content (AvgIpc) is 2.91. The van der Waals surface area contributed by atoms with Crippen molar-refractivity contribution in [1.29, 1.82) is 0 Å². The zero-order chi connectivity index (χ0) is 15.5. The fourth-order valence-electron chi connectivity index (χ4n) is 3.24. The summed E-state index contributed by atoms with van der Waals surface area (Å²) < 4.78 is 19.4. The molecule has 2 N–H and O–H groups in total. The van der Waals surface area contributed by atoms with Crippen molar-refractivity contribution >= 4 is 6.03 Å². The van der Waals surface area contributed by atoms with Gasteiger partial charge in [0.25, 0.3) is 0 Å². The lowest BCUT2D eigenvalue weighted by Crippen LogP contribution is -2.45. The smallest absolute Gasteiger partial charge is 0.318 e. The first-order chi connectivity index (χ1) is 10.7. The molecule has 0 spiro atoms. The van der Waals surface area contributed by atoms with E-state index in [4.69, 9.17) is 4.74 Å². The molecule has 1 aromatic carbocycles. The summed E-state index contributed by atoms with van der Waals surface area (Å²) in [5, 5.41) is 12.3. The van der Waals surface area contributed by atoms with E-state index in [0.717, 1.165) is 19.3 Å². The number of likely N-dealkylation sites (tertiary alicyclic amines) is 1. The van der Waals surface area contributed by atoms with E-state index in [1.165, 1.54) is 6.07 Å². The molecule has 0 aromatic heterocycles. The van der Waals surface area contributed by atoms with Gasteiger partial charge in [-0.2, -0.15) is 0 Å². The maximum absolute atomic E-state index is 13.9. The SMILES string of the molecule is O=C(NC1CCCOc2c(F)cccc21)N1CCCC1CO. The number of halogens is 1. The van der Waals surface area contributed by atoms with Crippen LogP contribution in [0.3, 0.4) is 0 Å². The highest BCUT2D eigenvalue weighted by Gasteiger charge is 2.31.